The molecule has 0 aliphatic rings. The predicted molar refractivity (Wildman–Crippen MR) is 135 cm³/mol. The van der Waals surface area contributed by atoms with Crippen LogP contribution >= 0.6 is 11.3 Å². The molecule has 170 valence electrons. The van der Waals surface area contributed by atoms with Crippen molar-refractivity contribution in [1.29, 1.82) is 0 Å². The number of hydrogen-bond acceptors (Lipinski definition) is 5. The zero-order valence-electron chi connectivity index (χ0n) is 19.3. The van der Waals surface area contributed by atoms with E-state index in [1.165, 1.54) is 22.3 Å². The maximum atomic E-state index is 13.3. The van der Waals surface area contributed by atoms with Gasteiger partial charge in [0.15, 0.2) is 0 Å². The van der Waals surface area contributed by atoms with Gasteiger partial charge in [-0.15, -0.1) is 11.3 Å². The van der Waals surface area contributed by atoms with Crippen LogP contribution in [0, 0.1) is 6.92 Å². The molecule has 0 aliphatic carbocycles. The minimum Gasteiger partial charge on any atom is -0.297 e. The lowest BCUT2D eigenvalue weighted by atomic mass is 10.0. The lowest BCUT2D eigenvalue weighted by molar-refractivity contribution is 0.101. The molecule has 2 heterocycles. The summed E-state index contributed by atoms with van der Waals surface area (Å²) in [6, 6.07) is 17.7. The largest absolute Gasteiger partial charge is 0.297 e. The molecule has 1 amide bonds. The van der Waals surface area contributed by atoms with E-state index in [2.05, 4.69) is 36.1 Å². The van der Waals surface area contributed by atoms with Crippen molar-refractivity contribution in [2.24, 2.45) is 0 Å². The smallest absolute Gasteiger partial charge is 0.281 e. The molecule has 0 saturated carbocycles. The molecule has 0 radical (unpaired) electrons. The minimum atomic E-state index is -0.353. The zero-order chi connectivity index (χ0) is 23.5. The van der Waals surface area contributed by atoms with E-state index in [1.54, 1.807) is 12.1 Å². The van der Waals surface area contributed by atoms with E-state index in [1.807, 2.05) is 49.4 Å². The third-order valence-corrected chi connectivity index (χ3v) is 6.82. The Labute approximate surface area is 197 Å². The molecular formula is C26H28N4O2S. The van der Waals surface area contributed by atoms with Crippen LogP contribution in [0.4, 0.5) is 0 Å². The molecule has 7 heteroatoms. The highest BCUT2D eigenvalue weighted by Gasteiger charge is 2.18. The third-order valence-electron chi connectivity index (χ3n) is 5.81. The van der Waals surface area contributed by atoms with Gasteiger partial charge in [-0.1, -0.05) is 49.4 Å². The minimum absolute atomic E-state index is 0.288. The lowest BCUT2D eigenvalue weighted by Gasteiger charge is -2.24. The number of thiophene rings is 1. The number of aromatic nitrogens is 2. The quantitative estimate of drug-likeness (QED) is 0.419. The van der Waals surface area contributed by atoms with Gasteiger partial charge in [0.05, 0.1) is 5.39 Å². The molecule has 33 heavy (non-hydrogen) atoms. The SMILES string of the molecule is CCN(Cc1ccc(C(=O)Nn2cnc3sc(C)c(-c4ccccc4)c3c2=O)cc1)C(C)C. The number of carbonyl (C=O) groups excluding carboxylic acids is 1. The second-order valence-electron chi connectivity index (χ2n) is 8.29. The molecule has 4 rings (SSSR count). The molecule has 0 spiro atoms. The van der Waals surface area contributed by atoms with Crippen LogP contribution in [-0.2, 0) is 6.54 Å². The average Bonchev–Trinajstić information content (AvgIpc) is 3.16. The number of nitrogens with zero attached hydrogens (tertiary/aromatic N) is 3. The van der Waals surface area contributed by atoms with Gasteiger partial charge in [0.2, 0.25) is 0 Å². The summed E-state index contributed by atoms with van der Waals surface area (Å²) in [4.78, 5) is 34.6. The average molecular weight is 461 g/mol. The van der Waals surface area contributed by atoms with Gasteiger partial charge in [-0.2, -0.15) is 0 Å². The van der Waals surface area contributed by atoms with Crippen molar-refractivity contribution >= 4 is 27.5 Å². The third kappa shape index (κ3) is 4.74. The van der Waals surface area contributed by atoms with Crippen molar-refractivity contribution in [1.82, 2.24) is 14.6 Å². The predicted octanol–water partition coefficient (Wildman–Crippen LogP) is 5.05. The summed E-state index contributed by atoms with van der Waals surface area (Å²) in [7, 11) is 0. The Morgan fingerprint density at radius 1 is 1.12 bits per heavy atom. The second-order valence-corrected chi connectivity index (χ2v) is 9.50. The number of carbonyl (C=O) groups is 1. The van der Waals surface area contributed by atoms with E-state index >= 15 is 0 Å². The molecule has 6 nitrogen and oxygen atoms in total. The molecule has 0 saturated heterocycles. The van der Waals surface area contributed by atoms with Crippen LogP contribution < -0.4 is 11.0 Å². The highest BCUT2D eigenvalue weighted by Crippen LogP contribution is 2.35. The van der Waals surface area contributed by atoms with E-state index in [-0.39, 0.29) is 11.5 Å². The Bertz CT molecular complexity index is 1320. The normalized spacial score (nSPS) is 11.5. The number of hydrogen-bond donors (Lipinski definition) is 1. The van der Waals surface area contributed by atoms with Gasteiger partial charge in [-0.25, -0.2) is 9.66 Å². The van der Waals surface area contributed by atoms with Crippen LogP contribution in [0.5, 0.6) is 0 Å². The van der Waals surface area contributed by atoms with E-state index in [0.29, 0.717) is 21.8 Å². The molecule has 2 aromatic carbocycles. The van der Waals surface area contributed by atoms with Crippen LogP contribution in [0.25, 0.3) is 21.3 Å². The first-order valence-corrected chi connectivity index (χ1v) is 11.9. The highest BCUT2D eigenvalue weighted by molar-refractivity contribution is 7.19. The standard InChI is InChI=1S/C26H28N4O2S/c1-5-29(17(2)3)15-19-11-13-21(14-12-19)24(31)28-30-16-27-25-23(26(30)32)22(18(4)33-25)20-9-7-6-8-10-20/h6-14,16-17H,5,15H2,1-4H3,(H,28,31). The highest BCUT2D eigenvalue weighted by atomic mass is 32.1. The maximum Gasteiger partial charge on any atom is 0.281 e. The number of rotatable bonds is 7. The van der Waals surface area contributed by atoms with Gasteiger partial charge >= 0.3 is 0 Å². The van der Waals surface area contributed by atoms with Gasteiger partial charge in [0, 0.05) is 28.6 Å². The number of nitrogens with one attached hydrogen (secondary N) is 1. The summed E-state index contributed by atoms with van der Waals surface area (Å²) in [5.41, 5.74) is 5.86. The van der Waals surface area contributed by atoms with Crippen LogP contribution in [0.2, 0.25) is 0 Å². The van der Waals surface area contributed by atoms with Crippen molar-refractivity contribution in [3.8, 4) is 11.1 Å². The topological polar surface area (TPSA) is 67.2 Å². The van der Waals surface area contributed by atoms with E-state index in [0.717, 1.165) is 34.7 Å². The molecule has 4 aromatic rings. The number of amides is 1. The molecule has 0 fully saturated rings. The zero-order valence-corrected chi connectivity index (χ0v) is 20.1. The number of benzene rings is 2. The van der Waals surface area contributed by atoms with Gasteiger partial charge in [-0.3, -0.25) is 19.9 Å². The number of aryl methyl sites for hydroxylation is 1. The van der Waals surface area contributed by atoms with Crippen molar-refractivity contribution in [2.75, 3.05) is 12.0 Å². The first kappa shape index (κ1) is 22.9. The number of fused-ring (bicyclic) bond motifs is 1. The van der Waals surface area contributed by atoms with Gasteiger partial charge in [0.25, 0.3) is 11.5 Å². The molecule has 2 aromatic heterocycles. The van der Waals surface area contributed by atoms with Gasteiger partial charge in [0.1, 0.15) is 11.2 Å². The summed E-state index contributed by atoms with van der Waals surface area (Å²) < 4.78 is 1.18. The Balaban J connectivity index is 1.60. The summed E-state index contributed by atoms with van der Waals surface area (Å²) >= 11 is 1.48. The second kappa shape index (κ2) is 9.68. The summed E-state index contributed by atoms with van der Waals surface area (Å²) in [6.45, 7) is 10.3. The summed E-state index contributed by atoms with van der Waals surface area (Å²) in [6.07, 6.45) is 1.38. The Morgan fingerprint density at radius 3 is 2.45 bits per heavy atom. The van der Waals surface area contributed by atoms with Gasteiger partial charge in [-0.05, 0) is 50.6 Å². The fraction of sp³-hybridized carbons (Fsp3) is 0.269. The van der Waals surface area contributed by atoms with Crippen LogP contribution in [0.1, 0.15) is 41.6 Å². The monoisotopic (exact) mass is 460 g/mol. The van der Waals surface area contributed by atoms with Crippen LogP contribution in [0.3, 0.4) is 0 Å². The van der Waals surface area contributed by atoms with E-state index in [4.69, 9.17) is 0 Å². The molecular weight excluding hydrogens is 432 g/mol. The van der Waals surface area contributed by atoms with E-state index in [9.17, 15) is 9.59 Å². The fourth-order valence-electron chi connectivity index (χ4n) is 3.96. The molecule has 0 aliphatic heterocycles. The van der Waals surface area contributed by atoms with Crippen molar-refractivity contribution in [3.63, 3.8) is 0 Å². The van der Waals surface area contributed by atoms with E-state index < -0.39 is 0 Å². The van der Waals surface area contributed by atoms with Gasteiger partial charge < -0.3 is 0 Å². The van der Waals surface area contributed by atoms with Crippen molar-refractivity contribution < 1.29 is 4.79 Å². The Kier molecular flexibility index (Phi) is 6.72. The van der Waals surface area contributed by atoms with Crippen molar-refractivity contribution in [2.45, 2.75) is 40.3 Å². The fourth-order valence-corrected chi connectivity index (χ4v) is 4.97. The summed E-state index contributed by atoms with van der Waals surface area (Å²) in [5.74, 6) is -0.353. The summed E-state index contributed by atoms with van der Waals surface area (Å²) in [5, 5.41) is 0.523. The molecule has 0 unspecified atom stereocenters. The molecule has 0 bridgehead atoms. The first-order chi connectivity index (χ1) is 15.9. The molecule has 0 atom stereocenters. The van der Waals surface area contributed by atoms with Crippen molar-refractivity contribution in [3.05, 3.63) is 87.3 Å². The van der Waals surface area contributed by atoms with Crippen LogP contribution in [0.15, 0.2) is 65.7 Å². The molecule has 1 N–H and O–H groups in total. The lowest BCUT2D eigenvalue weighted by Crippen LogP contribution is -2.33. The maximum absolute atomic E-state index is 13.3. The first-order valence-electron chi connectivity index (χ1n) is 11.1. The Morgan fingerprint density at radius 2 is 1.82 bits per heavy atom. The van der Waals surface area contributed by atoms with Crippen LogP contribution in [-0.4, -0.2) is 33.1 Å². The Hall–Kier alpha value is -3.29.